The Morgan fingerprint density at radius 1 is 1.29 bits per heavy atom. The second-order valence-electron chi connectivity index (χ2n) is 7.64. The van der Waals surface area contributed by atoms with Crippen LogP contribution in [0.2, 0.25) is 0 Å². The number of hydrogen-bond acceptors (Lipinski definition) is 3. The lowest BCUT2D eigenvalue weighted by atomic mass is 9.85. The van der Waals surface area contributed by atoms with Gasteiger partial charge < -0.3 is 14.2 Å². The molecule has 2 aliphatic rings. The maximum Gasteiger partial charge on any atom is 0.248 e. The van der Waals surface area contributed by atoms with E-state index in [2.05, 4.69) is 27.8 Å². The van der Waals surface area contributed by atoms with Gasteiger partial charge in [0.25, 0.3) is 0 Å². The smallest absolute Gasteiger partial charge is 0.248 e. The molecule has 2 heterocycles. The van der Waals surface area contributed by atoms with Crippen molar-refractivity contribution in [2.24, 2.45) is 11.8 Å². The van der Waals surface area contributed by atoms with Gasteiger partial charge in [-0.15, -0.1) is 0 Å². The van der Waals surface area contributed by atoms with Crippen LogP contribution in [0.3, 0.4) is 0 Å². The Kier molecular flexibility index (Phi) is 5.95. The van der Waals surface area contributed by atoms with Crippen LogP contribution in [0, 0.1) is 11.8 Å². The third-order valence-corrected chi connectivity index (χ3v) is 5.42. The zero-order valence-electron chi connectivity index (χ0n) is 15.1. The number of ether oxygens (including phenoxy) is 1. The van der Waals surface area contributed by atoms with E-state index in [1.54, 1.807) is 19.0 Å². The zero-order chi connectivity index (χ0) is 16.9. The van der Waals surface area contributed by atoms with Gasteiger partial charge in [-0.25, -0.2) is 0 Å². The summed E-state index contributed by atoms with van der Waals surface area (Å²) in [6.07, 6.45) is 7.42. The Morgan fingerprint density at radius 2 is 2.12 bits per heavy atom. The highest BCUT2D eigenvalue weighted by Crippen LogP contribution is 2.29. The predicted octanol–water partition coefficient (Wildman–Crippen LogP) is 2.21. The van der Waals surface area contributed by atoms with Crippen molar-refractivity contribution in [2.45, 2.75) is 38.8 Å². The summed E-state index contributed by atoms with van der Waals surface area (Å²) in [4.78, 5) is 15.8. The van der Waals surface area contributed by atoms with Gasteiger partial charge in [0, 0.05) is 58.8 Å². The molecule has 0 unspecified atom stereocenters. The molecule has 134 valence electrons. The lowest BCUT2D eigenvalue weighted by Gasteiger charge is -2.32. The molecule has 0 spiro atoms. The molecule has 5 nitrogen and oxygen atoms in total. The van der Waals surface area contributed by atoms with Crippen LogP contribution in [0.15, 0.2) is 18.3 Å². The van der Waals surface area contributed by atoms with Crippen molar-refractivity contribution in [3.05, 3.63) is 24.0 Å². The molecule has 1 aliphatic carbocycles. The van der Waals surface area contributed by atoms with Crippen LogP contribution in [-0.2, 0) is 22.6 Å². The molecule has 0 radical (unpaired) electrons. The Balaban J connectivity index is 1.50. The van der Waals surface area contributed by atoms with Crippen molar-refractivity contribution in [2.75, 3.05) is 40.4 Å². The second kappa shape index (κ2) is 8.17. The number of rotatable bonds is 7. The molecule has 1 atom stereocenters. The van der Waals surface area contributed by atoms with Crippen LogP contribution >= 0.6 is 0 Å². The van der Waals surface area contributed by atoms with E-state index in [1.165, 1.54) is 31.5 Å². The van der Waals surface area contributed by atoms with Crippen molar-refractivity contribution in [3.63, 3.8) is 0 Å². The average molecular weight is 333 g/mol. The minimum absolute atomic E-state index is 0.0372. The highest BCUT2D eigenvalue weighted by Gasteiger charge is 2.26. The summed E-state index contributed by atoms with van der Waals surface area (Å²) in [5, 5.41) is 0. The van der Waals surface area contributed by atoms with Crippen LogP contribution in [0.25, 0.3) is 0 Å². The molecule has 1 aromatic rings. The lowest BCUT2D eigenvalue weighted by Crippen LogP contribution is -2.35. The van der Waals surface area contributed by atoms with E-state index in [4.69, 9.17) is 4.74 Å². The summed E-state index contributed by atoms with van der Waals surface area (Å²) in [5.74, 6) is 1.53. The highest BCUT2D eigenvalue weighted by molar-refractivity contribution is 5.76. The SMILES string of the molecule is CN(C)C(=O)COCC[C@H]1CN(CC2CCC2)Cc2cccn2C1. The minimum atomic E-state index is 0.0372. The number of carbonyl (C=O) groups is 1. The standard InChI is InChI=1S/C19H31N3O2/c1-20(2)19(23)15-24-10-8-17-12-21(11-16-5-3-6-16)14-18-7-4-9-22(18)13-17/h4,7,9,16-17H,3,5-6,8,10-15H2,1-2H3/t17-/m0/s1. The molecule has 1 saturated carbocycles. The van der Waals surface area contributed by atoms with Gasteiger partial charge in [0.05, 0.1) is 0 Å². The van der Waals surface area contributed by atoms with Crippen molar-refractivity contribution < 1.29 is 9.53 Å². The summed E-state index contributed by atoms with van der Waals surface area (Å²) >= 11 is 0. The van der Waals surface area contributed by atoms with Crippen molar-refractivity contribution in [1.29, 1.82) is 0 Å². The van der Waals surface area contributed by atoms with Crippen molar-refractivity contribution in [1.82, 2.24) is 14.4 Å². The highest BCUT2D eigenvalue weighted by atomic mass is 16.5. The Labute approximate surface area is 145 Å². The Bertz CT molecular complexity index is 536. The first-order valence-electron chi connectivity index (χ1n) is 9.26. The van der Waals surface area contributed by atoms with E-state index >= 15 is 0 Å². The van der Waals surface area contributed by atoms with Crippen LogP contribution < -0.4 is 0 Å². The van der Waals surface area contributed by atoms with E-state index in [0.717, 1.165) is 32.0 Å². The minimum Gasteiger partial charge on any atom is -0.372 e. The molecule has 1 amide bonds. The first kappa shape index (κ1) is 17.5. The van der Waals surface area contributed by atoms with Gasteiger partial charge >= 0.3 is 0 Å². The first-order chi connectivity index (χ1) is 11.6. The van der Waals surface area contributed by atoms with Gasteiger partial charge in [0.2, 0.25) is 5.91 Å². The van der Waals surface area contributed by atoms with Gasteiger partial charge in [-0.05, 0) is 43.2 Å². The summed E-state index contributed by atoms with van der Waals surface area (Å²) in [7, 11) is 3.53. The van der Waals surface area contributed by atoms with Gasteiger partial charge in [-0.2, -0.15) is 0 Å². The fourth-order valence-electron chi connectivity index (χ4n) is 3.67. The number of fused-ring (bicyclic) bond motifs is 1. The molecular formula is C19H31N3O2. The largest absolute Gasteiger partial charge is 0.372 e. The fourth-order valence-corrected chi connectivity index (χ4v) is 3.67. The van der Waals surface area contributed by atoms with E-state index in [9.17, 15) is 4.79 Å². The number of nitrogens with zero attached hydrogens (tertiary/aromatic N) is 3. The third-order valence-electron chi connectivity index (χ3n) is 5.42. The number of carbonyl (C=O) groups excluding carboxylic acids is 1. The summed E-state index contributed by atoms with van der Waals surface area (Å²) < 4.78 is 8.00. The van der Waals surface area contributed by atoms with Crippen molar-refractivity contribution >= 4 is 5.91 Å². The second-order valence-corrected chi connectivity index (χ2v) is 7.64. The van der Waals surface area contributed by atoms with Crippen LogP contribution in [0.4, 0.5) is 0 Å². The van der Waals surface area contributed by atoms with Gasteiger partial charge in [-0.3, -0.25) is 9.69 Å². The van der Waals surface area contributed by atoms with E-state index in [1.807, 2.05) is 0 Å². The zero-order valence-corrected chi connectivity index (χ0v) is 15.1. The third kappa shape index (κ3) is 4.61. The van der Waals surface area contributed by atoms with Crippen LogP contribution in [0.1, 0.15) is 31.4 Å². The molecule has 1 aromatic heterocycles. The fraction of sp³-hybridized carbons (Fsp3) is 0.737. The number of hydrogen-bond donors (Lipinski definition) is 0. The quantitative estimate of drug-likeness (QED) is 0.718. The van der Waals surface area contributed by atoms with Crippen LogP contribution in [0.5, 0.6) is 0 Å². The molecule has 0 bridgehead atoms. The van der Waals surface area contributed by atoms with E-state index in [-0.39, 0.29) is 12.5 Å². The predicted molar refractivity (Wildman–Crippen MR) is 94.7 cm³/mol. The van der Waals surface area contributed by atoms with Gasteiger partial charge in [0.15, 0.2) is 0 Å². The Morgan fingerprint density at radius 3 is 2.83 bits per heavy atom. The van der Waals surface area contributed by atoms with E-state index in [0.29, 0.717) is 12.5 Å². The van der Waals surface area contributed by atoms with Crippen molar-refractivity contribution in [3.8, 4) is 0 Å². The average Bonchev–Trinajstić information content (AvgIpc) is 2.86. The molecule has 3 rings (SSSR count). The number of aromatic nitrogens is 1. The molecule has 0 aromatic carbocycles. The molecular weight excluding hydrogens is 302 g/mol. The monoisotopic (exact) mass is 333 g/mol. The van der Waals surface area contributed by atoms with Gasteiger partial charge in [-0.1, -0.05) is 6.42 Å². The normalized spacial score (nSPS) is 21.8. The number of likely N-dealkylation sites (N-methyl/N-ethyl adjacent to an activating group) is 1. The molecule has 1 fully saturated rings. The molecule has 24 heavy (non-hydrogen) atoms. The summed E-state index contributed by atoms with van der Waals surface area (Å²) in [6, 6.07) is 4.41. The summed E-state index contributed by atoms with van der Waals surface area (Å²) in [5.41, 5.74) is 1.43. The Hall–Kier alpha value is -1.33. The molecule has 0 saturated heterocycles. The maximum atomic E-state index is 11.6. The molecule has 5 heteroatoms. The number of amides is 1. The first-order valence-corrected chi connectivity index (χ1v) is 9.26. The summed E-state index contributed by atoms with van der Waals surface area (Å²) in [6.45, 7) is 5.37. The maximum absolute atomic E-state index is 11.6. The topological polar surface area (TPSA) is 37.7 Å². The van der Waals surface area contributed by atoms with Crippen LogP contribution in [-0.4, -0.2) is 60.7 Å². The van der Waals surface area contributed by atoms with E-state index < -0.39 is 0 Å². The molecule has 0 N–H and O–H groups in total. The van der Waals surface area contributed by atoms with Gasteiger partial charge in [0.1, 0.15) is 6.61 Å². The molecule has 1 aliphatic heterocycles. The lowest BCUT2D eigenvalue weighted by molar-refractivity contribution is -0.133.